The summed E-state index contributed by atoms with van der Waals surface area (Å²) in [6, 6.07) is 19.4. The predicted octanol–water partition coefficient (Wildman–Crippen LogP) is 6.55. The molecule has 3 aromatic rings. The van der Waals surface area contributed by atoms with Crippen LogP contribution < -0.4 is 19.5 Å². The molecule has 6 heteroatoms. The zero-order valence-electron chi connectivity index (χ0n) is 23.8. The van der Waals surface area contributed by atoms with E-state index in [1.807, 2.05) is 71.6 Å². The van der Waals surface area contributed by atoms with Crippen LogP contribution in [0.2, 0.25) is 0 Å². The Kier molecular flexibility index (Phi) is 11.8. The molecular formula is C33H42N3O3+. The van der Waals surface area contributed by atoms with Gasteiger partial charge in [0.2, 0.25) is 6.54 Å². The van der Waals surface area contributed by atoms with Crippen molar-refractivity contribution in [2.75, 3.05) is 29.9 Å². The minimum atomic E-state index is -0.216. The van der Waals surface area contributed by atoms with E-state index in [-0.39, 0.29) is 11.7 Å². The number of aromatic nitrogens is 1. The van der Waals surface area contributed by atoms with Gasteiger partial charge < -0.3 is 15.0 Å². The summed E-state index contributed by atoms with van der Waals surface area (Å²) in [6.45, 7) is 10.8. The molecule has 0 aliphatic carbocycles. The summed E-state index contributed by atoms with van der Waals surface area (Å²) in [7, 11) is 0. The standard InChI is InChI=1S/C33H41N3O3/c1-5-8-9-13-22-39-32-24-30(36(6-2)7-3)17-16-28(32)23-31(33(38)34-29-14-11-10-12-15-29)27-18-20-35(21-19-27)25-26(4)37/h10-12,14-21,23-24H,5-9,13,22,25H2,1-4H3/p+1. The molecule has 2 aromatic carbocycles. The van der Waals surface area contributed by atoms with Gasteiger partial charge in [0.25, 0.3) is 5.91 Å². The molecule has 0 atom stereocenters. The van der Waals surface area contributed by atoms with Gasteiger partial charge in [0.1, 0.15) is 5.75 Å². The number of unbranched alkanes of at least 4 members (excludes halogenated alkanes) is 3. The second kappa shape index (κ2) is 15.5. The van der Waals surface area contributed by atoms with E-state index < -0.39 is 0 Å². The van der Waals surface area contributed by atoms with Crippen LogP contribution >= 0.6 is 0 Å². The number of hydrogen-bond donors (Lipinski definition) is 1. The first-order valence-corrected chi connectivity index (χ1v) is 14.0. The Bertz CT molecular complexity index is 1230. The van der Waals surface area contributed by atoms with Gasteiger partial charge in [-0.2, -0.15) is 4.57 Å². The van der Waals surface area contributed by atoms with Gasteiger partial charge in [0.15, 0.2) is 18.2 Å². The second-order valence-electron chi connectivity index (χ2n) is 9.64. The number of pyridine rings is 1. The number of nitrogens with one attached hydrogen (secondary N) is 1. The lowest BCUT2D eigenvalue weighted by molar-refractivity contribution is -0.684. The third-order valence-corrected chi connectivity index (χ3v) is 6.56. The molecule has 0 unspecified atom stereocenters. The molecule has 1 aromatic heterocycles. The van der Waals surface area contributed by atoms with Gasteiger partial charge in [-0.25, -0.2) is 0 Å². The minimum Gasteiger partial charge on any atom is -0.493 e. The van der Waals surface area contributed by atoms with Crippen LogP contribution in [0, 0.1) is 0 Å². The number of para-hydroxylation sites is 1. The van der Waals surface area contributed by atoms with Gasteiger partial charge in [0, 0.05) is 60.7 Å². The largest absolute Gasteiger partial charge is 0.493 e. The third-order valence-electron chi connectivity index (χ3n) is 6.56. The number of nitrogens with zero attached hydrogens (tertiary/aromatic N) is 2. The Balaban J connectivity index is 2.02. The molecule has 0 aliphatic heterocycles. The van der Waals surface area contributed by atoms with E-state index in [1.54, 1.807) is 6.92 Å². The zero-order valence-corrected chi connectivity index (χ0v) is 23.8. The molecule has 6 nitrogen and oxygen atoms in total. The molecule has 0 spiro atoms. The second-order valence-corrected chi connectivity index (χ2v) is 9.64. The van der Waals surface area contributed by atoms with E-state index >= 15 is 0 Å². The van der Waals surface area contributed by atoms with Crippen molar-refractivity contribution in [3.8, 4) is 5.75 Å². The van der Waals surface area contributed by atoms with Gasteiger partial charge in [0.05, 0.1) is 6.61 Å². The Morgan fingerprint density at radius 1 is 0.923 bits per heavy atom. The van der Waals surface area contributed by atoms with Crippen molar-refractivity contribution in [3.05, 3.63) is 84.2 Å². The first kappa shape index (κ1) is 29.6. The third kappa shape index (κ3) is 9.10. The SMILES string of the molecule is CCCCCCOc1cc(N(CC)CC)ccc1/C=C(\C(=O)Nc1ccccc1)c1cc[n+](CC(C)=O)cc1. The van der Waals surface area contributed by atoms with Crippen LogP contribution in [0.25, 0.3) is 11.6 Å². The number of Topliss-reactive ketones (excluding diaryl/α,β-unsaturated/α-hetero) is 1. The van der Waals surface area contributed by atoms with Crippen molar-refractivity contribution in [3.63, 3.8) is 0 Å². The molecule has 206 valence electrons. The topological polar surface area (TPSA) is 62.5 Å². The van der Waals surface area contributed by atoms with Crippen LogP contribution in [0.5, 0.6) is 5.75 Å². The summed E-state index contributed by atoms with van der Waals surface area (Å²) < 4.78 is 8.12. The fourth-order valence-electron chi connectivity index (χ4n) is 4.42. The number of carbonyl (C=O) groups excluding carboxylic acids is 2. The van der Waals surface area contributed by atoms with Crippen molar-refractivity contribution >= 4 is 34.7 Å². The Hall–Kier alpha value is -3.93. The van der Waals surface area contributed by atoms with Crippen LogP contribution in [0.3, 0.4) is 0 Å². The highest BCUT2D eigenvalue weighted by Gasteiger charge is 2.17. The highest BCUT2D eigenvalue weighted by Crippen LogP contribution is 2.30. The van der Waals surface area contributed by atoms with Crippen LogP contribution in [0.4, 0.5) is 11.4 Å². The van der Waals surface area contributed by atoms with Crippen LogP contribution in [-0.4, -0.2) is 31.4 Å². The first-order valence-electron chi connectivity index (χ1n) is 14.0. The van der Waals surface area contributed by atoms with Crippen LogP contribution in [0.15, 0.2) is 73.1 Å². The summed E-state index contributed by atoms with van der Waals surface area (Å²) in [5.41, 5.74) is 3.94. The fraction of sp³-hybridized carbons (Fsp3) is 0.364. The number of ether oxygens (including phenoxy) is 1. The smallest absolute Gasteiger partial charge is 0.256 e. The van der Waals surface area contributed by atoms with Crippen molar-refractivity contribution in [2.24, 2.45) is 0 Å². The number of ketones is 1. The summed E-state index contributed by atoms with van der Waals surface area (Å²) in [6.07, 6.45) is 10.0. The van der Waals surface area contributed by atoms with Crippen molar-refractivity contribution in [2.45, 2.75) is 59.9 Å². The highest BCUT2D eigenvalue weighted by molar-refractivity contribution is 6.29. The molecule has 1 heterocycles. The fourth-order valence-corrected chi connectivity index (χ4v) is 4.42. The quantitative estimate of drug-likeness (QED) is 0.138. The number of rotatable bonds is 15. The van der Waals surface area contributed by atoms with Gasteiger partial charge in [-0.15, -0.1) is 0 Å². The summed E-state index contributed by atoms with van der Waals surface area (Å²) in [4.78, 5) is 27.5. The zero-order chi connectivity index (χ0) is 28.0. The van der Waals surface area contributed by atoms with E-state index in [2.05, 4.69) is 43.1 Å². The summed E-state index contributed by atoms with van der Waals surface area (Å²) >= 11 is 0. The first-order chi connectivity index (χ1) is 18.9. The lowest BCUT2D eigenvalue weighted by Gasteiger charge is -2.22. The maximum Gasteiger partial charge on any atom is 0.256 e. The van der Waals surface area contributed by atoms with Gasteiger partial charge in [-0.1, -0.05) is 44.4 Å². The molecule has 1 amide bonds. The Labute approximate surface area is 233 Å². The maximum atomic E-state index is 13.6. The van der Waals surface area contributed by atoms with Gasteiger partial charge >= 0.3 is 0 Å². The van der Waals surface area contributed by atoms with E-state index in [1.165, 1.54) is 12.8 Å². The van der Waals surface area contributed by atoms with Gasteiger partial charge in [-0.3, -0.25) is 9.59 Å². The molecular weight excluding hydrogens is 486 g/mol. The number of amides is 1. The molecule has 0 radical (unpaired) electrons. The number of anilines is 2. The molecule has 39 heavy (non-hydrogen) atoms. The molecule has 3 rings (SSSR count). The van der Waals surface area contributed by atoms with Crippen molar-refractivity contribution < 1.29 is 18.9 Å². The summed E-state index contributed by atoms with van der Waals surface area (Å²) in [5.74, 6) is 0.620. The van der Waals surface area contributed by atoms with Crippen molar-refractivity contribution in [1.82, 2.24) is 0 Å². The van der Waals surface area contributed by atoms with E-state index in [0.29, 0.717) is 18.7 Å². The average molecular weight is 529 g/mol. The van der Waals surface area contributed by atoms with E-state index in [0.717, 1.165) is 54.2 Å². The average Bonchev–Trinajstić information content (AvgIpc) is 2.94. The van der Waals surface area contributed by atoms with E-state index in [9.17, 15) is 9.59 Å². The highest BCUT2D eigenvalue weighted by atomic mass is 16.5. The number of benzene rings is 2. The Morgan fingerprint density at radius 3 is 2.28 bits per heavy atom. The monoisotopic (exact) mass is 528 g/mol. The lowest BCUT2D eigenvalue weighted by Crippen LogP contribution is -2.36. The molecule has 0 saturated heterocycles. The molecule has 1 N–H and O–H groups in total. The van der Waals surface area contributed by atoms with E-state index in [4.69, 9.17) is 4.74 Å². The molecule has 0 aliphatic rings. The number of carbonyl (C=O) groups is 2. The minimum absolute atomic E-state index is 0.0688. The normalized spacial score (nSPS) is 11.2. The lowest BCUT2D eigenvalue weighted by atomic mass is 10.0. The van der Waals surface area contributed by atoms with Gasteiger partial charge in [-0.05, 0) is 56.2 Å². The predicted molar refractivity (Wildman–Crippen MR) is 160 cm³/mol. The molecule has 0 bridgehead atoms. The molecule has 0 saturated carbocycles. The number of hydrogen-bond acceptors (Lipinski definition) is 4. The summed E-state index contributed by atoms with van der Waals surface area (Å²) in [5, 5.41) is 3.02. The van der Waals surface area contributed by atoms with Crippen LogP contribution in [0.1, 0.15) is 64.5 Å². The molecule has 0 fully saturated rings. The Morgan fingerprint density at radius 2 is 1.64 bits per heavy atom. The van der Waals surface area contributed by atoms with Crippen LogP contribution in [-0.2, 0) is 16.1 Å². The maximum absolute atomic E-state index is 13.6. The van der Waals surface area contributed by atoms with Crippen molar-refractivity contribution in [1.29, 1.82) is 0 Å².